The fourth-order valence-corrected chi connectivity index (χ4v) is 1.82. The Balaban J connectivity index is 3.94. The molecule has 0 saturated carbocycles. The minimum Gasteiger partial charge on any atom is -0.464 e. The fraction of sp³-hybridized carbons (Fsp3) is 0.778. The lowest BCUT2D eigenvalue weighted by atomic mass is 10.2. The van der Waals surface area contributed by atoms with Gasteiger partial charge >= 0.3 is 11.9 Å². The molecule has 1 unspecified atom stereocenters. The van der Waals surface area contributed by atoms with Crippen LogP contribution in [0.5, 0.6) is 0 Å². The van der Waals surface area contributed by atoms with Crippen LogP contribution in [0, 0.1) is 0 Å². The molecular formula is C9H13Cl3O4. The fourth-order valence-electron chi connectivity index (χ4n) is 0.857. The summed E-state index contributed by atoms with van der Waals surface area (Å²) in [7, 11) is 0. The van der Waals surface area contributed by atoms with Gasteiger partial charge in [-0.15, -0.1) is 11.6 Å². The second-order valence-electron chi connectivity index (χ2n) is 3.24. The van der Waals surface area contributed by atoms with E-state index in [0.717, 1.165) is 0 Å². The molecule has 0 aliphatic carbocycles. The third-order valence-electron chi connectivity index (χ3n) is 1.47. The van der Waals surface area contributed by atoms with E-state index in [2.05, 4.69) is 9.47 Å². The van der Waals surface area contributed by atoms with E-state index in [9.17, 15) is 9.59 Å². The van der Waals surface area contributed by atoms with E-state index >= 15 is 0 Å². The second-order valence-corrected chi connectivity index (χ2v) is 5.50. The molecule has 0 N–H and O–H groups in total. The Morgan fingerprint density at radius 3 is 2.12 bits per heavy atom. The van der Waals surface area contributed by atoms with E-state index in [1.165, 1.54) is 13.8 Å². The Labute approximate surface area is 109 Å². The summed E-state index contributed by atoms with van der Waals surface area (Å²) < 4.78 is 8.06. The molecule has 0 aliphatic heterocycles. The van der Waals surface area contributed by atoms with E-state index < -0.39 is 21.6 Å². The van der Waals surface area contributed by atoms with Gasteiger partial charge in [0.2, 0.25) is 0 Å². The van der Waals surface area contributed by atoms with Crippen molar-refractivity contribution in [2.75, 3.05) is 13.2 Å². The van der Waals surface area contributed by atoms with Crippen LogP contribution in [0.4, 0.5) is 0 Å². The van der Waals surface area contributed by atoms with Crippen molar-refractivity contribution in [3.8, 4) is 0 Å². The van der Waals surface area contributed by atoms with Crippen molar-refractivity contribution >= 4 is 46.7 Å². The molecule has 16 heavy (non-hydrogen) atoms. The van der Waals surface area contributed by atoms with Crippen molar-refractivity contribution in [2.45, 2.75) is 30.0 Å². The Morgan fingerprint density at radius 1 is 1.19 bits per heavy atom. The van der Waals surface area contributed by atoms with Gasteiger partial charge in [-0.1, -0.05) is 23.2 Å². The van der Waals surface area contributed by atoms with Gasteiger partial charge in [0, 0.05) is 20.3 Å². The van der Waals surface area contributed by atoms with Crippen molar-refractivity contribution in [3.05, 3.63) is 0 Å². The first-order chi connectivity index (χ1) is 7.23. The number of esters is 2. The predicted molar refractivity (Wildman–Crippen MR) is 62.0 cm³/mol. The van der Waals surface area contributed by atoms with Crippen LogP contribution >= 0.6 is 34.8 Å². The minimum absolute atomic E-state index is 0.0121. The molecule has 0 aliphatic rings. The molecule has 0 amide bonds. The number of hydrogen-bond acceptors (Lipinski definition) is 4. The first kappa shape index (κ1) is 15.8. The smallest absolute Gasteiger partial charge is 0.302 e. The zero-order valence-electron chi connectivity index (χ0n) is 8.97. The van der Waals surface area contributed by atoms with E-state index in [1.807, 2.05) is 0 Å². The SMILES string of the molecule is CC(=O)OCC(Cl)CC(Cl)(Cl)COC(C)=O. The molecule has 0 heterocycles. The molecule has 0 radical (unpaired) electrons. The Morgan fingerprint density at radius 2 is 1.69 bits per heavy atom. The molecular weight excluding hydrogens is 278 g/mol. The lowest BCUT2D eigenvalue weighted by molar-refractivity contribution is -0.141. The number of carbonyl (C=O) groups excluding carboxylic acids is 2. The van der Waals surface area contributed by atoms with Gasteiger partial charge in [-0.25, -0.2) is 0 Å². The van der Waals surface area contributed by atoms with Gasteiger partial charge in [-0.3, -0.25) is 9.59 Å². The van der Waals surface area contributed by atoms with Crippen molar-refractivity contribution in [2.24, 2.45) is 0 Å². The Hall–Kier alpha value is -0.190. The average Bonchev–Trinajstić information content (AvgIpc) is 2.11. The quantitative estimate of drug-likeness (QED) is 0.556. The topological polar surface area (TPSA) is 52.6 Å². The number of hydrogen-bond donors (Lipinski definition) is 0. The normalized spacial score (nSPS) is 13.1. The number of rotatable bonds is 6. The number of ether oxygens (including phenoxy) is 2. The molecule has 0 rings (SSSR count). The highest BCUT2D eigenvalue weighted by atomic mass is 35.5. The maximum atomic E-state index is 10.5. The predicted octanol–water partition coefficient (Wildman–Crippen LogP) is 2.28. The summed E-state index contributed by atoms with van der Waals surface area (Å²) in [6, 6.07) is 0. The van der Waals surface area contributed by atoms with Gasteiger partial charge in [-0.2, -0.15) is 0 Å². The first-order valence-corrected chi connectivity index (χ1v) is 5.71. The van der Waals surface area contributed by atoms with Crippen molar-refractivity contribution in [3.63, 3.8) is 0 Å². The van der Waals surface area contributed by atoms with Gasteiger partial charge in [0.25, 0.3) is 0 Å². The van der Waals surface area contributed by atoms with Gasteiger partial charge in [0.15, 0.2) is 4.33 Å². The summed E-state index contributed by atoms with van der Waals surface area (Å²) in [6.07, 6.45) is 0.137. The van der Waals surface area contributed by atoms with Crippen LogP contribution in [0.15, 0.2) is 0 Å². The summed E-state index contributed by atoms with van der Waals surface area (Å²) >= 11 is 17.5. The molecule has 1 atom stereocenters. The summed E-state index contributed by atoms with van der Waals surface area (Å²) in [5.74, 6) is -0.905. The number of carbonyl (C=O) groups is 2. The average molecular weight is 292 g/mol. The summed E-state index contributed by atoms with van der Waals surface area (Å²) in [5.41, 5.74) is 0. The highest BCUT2D eigenvalue weighted by Crippen LogP contribution is 2.29. The van der Waals surface area contributed by atoms with E-state index in [0.29, 0.717) is 0 Å². The van der Waals surface area contributed by atoms with Crippen LogP contribution in [0.1, 0.15) is 20.3 Å². The van der Waals surface area contributed by atoms with Crippen LogP contribution in [-0.4, -0.2) is 34.9 Å². The molecule has 0 aromatic heterocycles. The minimum atomic E-state index is -1.28. The second kappa shape index (κ2) is 7.20. The monoisotopic (exact) mass is 290 g/mol. The largest absolute Gasteiger partial charge is 0.464 e. The number of halogens is 3. The van der Waals surface area contributed by atoms with Crippen molar-refractivity contribution in [1.29, 1.82) is 0 Å². The van der Waals surface area contributed by atoms with Crippen LogP contribution in [0.3, 0.4) is 0 Å². The Bertz CT molecular complexity index is 255. The first-order valence-electron chi connectivity index (χ1n) is 4.51. The molecule has 0 bridgehead atoms. The van der Waals surface area contributed by atoms with Gasteiger partial charge < -0.3 is 9.47 Å². The highest BCUT2D eigenvalue weighted by Gasteiger charge is 2.29. The van der Waals surface area contributed by atoms with Gasteiger partial charge in [0.05, 0.1) is 5.38 Å². The molecule has 0 aromatic carbocycles. The third kappa shape index (κ3) is 9.07. The van der Waals surface area contributed by atoms with E-state index in [1.54, 1.807) is 0 Å². The number of alkyl halides is 3. The molecule has 7 heteroatoms. The van der Waals surface area contributed by atoms with Crippen LogP contribution in [0.2, 0.25) is 0 Å². The third-order valence-corrected chi connectivity index (χ3v) is 2.28. The van der Waals surface area contributed by atoms with Crippen LogP contribution in [-0.2, 0) is 19.1 Å². The molecule has 0 saturated heterocycles. The standard InChI is InChI=1S/C9H13Cl3O4/c1-6(13)15-4-8(10)3-9(11,12)5-16-7(2)14/h8H,3-5H2,1-2H3. The lowest BCUT2D eigenvalue weighted by Gasteiger charge is -2.21. The van der Waals surface area contributed by atoms with Crippen LogP contribution < -0.4 is 0 Å². The van der Waals surface area contributed by atoms with Crippen molar-refractivity contribution in [1.82, 2.24) is 0 Å². The molecule has 0 spiro atoms. The summed E-state index contributed by atoms with van der Waals surface area (Å²) in [4.78, 5) is 21.1. The Kier molecular flexibility index (Phi) is 7.11. The molecule has 0 fully saturated rings. The summed E-state index contributed by atoms with van der Waals surface area (Å²) in [5, 5.41) is -0.533. The lowest BCUT2D eigenvalue weighted by Crippen LogP contribution is -2.28. The van der Waals surface area contributed by atoms with E-state index in [4.69, 9.17) is 34.8 Å². The van der Waals surface area contributed by atoms with Gasteiger partial charge in [0.1, 0.15) is 13.2 Å². The van der Waals surface area contributed by atoms with Crippen LogP contribution in [0.25, 0.3) is 0 Å². The van der Waals surface area contributed by atoms with Gasteiger partial charge in [-0.05, 0) is 0 Å². The van der Waals surface area contributed by atoms with E-state index in [-0.39, 0.29) is 19.6 Å². The highest BCUT2D eigenvalue weighted by molar-refractivity contribution is 6.48. The summed E-state index contributed by atoms with van der Waals surface area (Å²) in [6.45, 7) is 2.38. The maximum Gasteiger partial charge on any atom is 0.302 e. The molecule has 0 aromatic rings. The zero-order chi connectivity index (χ0) is 12.8. The zero-order valence-corrected chi connectivity index (χ0v) is 11.2. The maximum absolute atomic E-state index is 10.5. The molecule has 94 valence electrons. The molecule has 4 nitrogen and oxygen atoms in total. The van der Waals surface area contributed by atoms with Crippen molar-refractivity contribution < 1.29 is 19.1 Å².